The number of nitrogens with zero attached hydrogens (tertiary/aromatic N) is 4. The van der Waals surface area contributed by atoms with Crippen molar-refractivity contribution in [3.63, 3.8) is 0 Å². The number of halogens is 1. The number of hydrogen-bond acceptors (Lipinski definition) is 5. The highest BCUT2D eigenvalue weighted by atomic mass is 35.5. The average molecular weight is 399 g/mol. The van der Waals surface area contributed by atoms with Crippen molar-refractivity contribution in [2.45, 2.75) is 20.0 Å². The van der Waals surface area contributed by atoms with Gasteiger partial charge in [0.25, 0.3) is 5.91 Å². The number of carbonyl (C=O) groups excluding carboxylic acids is 1. The van der Waals surface area contributed by atoms with Crippen LogP contribution in [0.15, 0.2) is 42.5 Å². The Bertz CT molecular complexity index is 1050. The van der Waals surface area contributed by atoms with Crippen LogP contribution < -0.4 is 14.4 Å². The van der Waals surface area contributed by atoms with E-state index >= 15 is 0 Å². The molecule has 28 heavy (non-hydrogen) atoms. The highest BCUT2D eigenvalue weighted by molar-refractivity contribution is 6.30. The fourth-order valence-electron chi connectivity index (χ4n) is 3.24. The first-order chi connectivity index (χ1) is 13.5. The topological polar surface area (TPSA) is 69.5 Å². The summed E-state index contributed by atoms with van der Waals surface area (Å²) in [4.78, 5) is 15.0. The van der Waals surface area contributed by atoms with Crippen LogP contribution in [0.1, 0.15) is 23.1 Å². The smallest absolute Gasteiger partial charge is 0.280 e. The average Bonchev–Trinajstić information content (AvgIpc) is 3.07. The van der Waals surface area contributed by atoms with E-state index in [2.05, 4.69) is 10.3 Å². The van der Waals surface area contributed by atoms with Crippen molar-refractivity contribution in [2.75, 3.05) is 18.6 Å². The monoisotopic (exact) mass is 398 g/mol. The molecule has 8 heteroatoms. The number of ether oxygens (including phenoxy) is 2. The Morgan fingerprint density at radius 1 is 1.29 bits per heavy atom. The Balaban J connectivity index is 1.73. The fourth-order valence-corrected chi connectivity index (χ4v) is 3.43. The Morgan fingerprint density at radius 2 is 2.11 bits per heavy atom. The molecule has 0 unspecified atom stereocenters. The minimum atomic E-state index is -0.240. The highest BCUT2D eigenvalue weighted by Crippen LogP contribution is 2.37. The Kier molecular flexibility index (Phi) is 4.68. The van der Waals surface area contributed by atoms with E-state index in [-0.39, 0.29) is 17.7 Å². The Morgan fingerprint density at radius 3 is 2.86 bits per heavy atom. The number of benzene rings is 2. The molecular weight excluding hydrogens is 380 g/mol. The number of hydrogen-bond donors (Lipinski definition) is 0. The number of fused-ring (bicyclic) bond motifs is 1. The molecule has 0 fully saturated rings. The summed E-state index contributed by atoms with van der Waals surface area (Å²) in [5.74, 6) is 1.04. The minimum absolute atomic E-state index is 0.145. The zero-order valence-electron chi connectivity index (χ0n) is 15.7. The number of aromatic nitrogens is 3. The molecule has 1 amide bonds. The minimum Gasteiger partial charge on any atom is -0.497 e. The summed E-state index contributed by atoms with van der Waals surface area (Å²) in [6, 6.07) is 12.6. The van der Waals surface area contributed by atoms with Gasteiger partial charge in [0.15, 0.2) is 5.69 Å². The van der Waals surface area contributed by atoms with Gasteiger partial charge in [-0.15, -0.1) is 5.10 Å². The lowest BCUT2D eigenvalue weighted by molar-refractivity contribution is 0.0955. The molecule has 0 aliphatic carbocycles. The van der Waals surface area contributed by atoms with Crippen molar-refractivity contribution in [1.29, 1.82) is 0 Å². The number of methoxy groups -OCH3 is 1. The predicted octanol–water partition coefficient (Wildman–Crippen LogP) is 3.67. The lowest BCUT2D eigenvalue weighted by Crippen LogP contribution is -2.42. The molecule has 3 aromatic rings. The molecule has 0 bridgehead atoms. The van der Waals surface area contributed by atoms with Crippen LogP contribution in [0.3, 0.4) is 0 Å². The summed E-state index contributed by atoms with van der Waals surface area (Å²) in [5, 5.41) is 8.89. The second-order valence-corrected chi connectivity index (χ2v) is 7.03. The van der Waals surface area contributed by atoms with Crippen LogP contribution in [0.2, 0.25) is 5.02 Å². The van der Waals surface area contributed by atoms with E-state index in [1.165, 1.54) is 0 Å². The molecule has 1 aliphatic heterocycles. The van der Waals surface area contributed by atoms with Crippen LogP contribution in [0, 0.1) is 6.92 Å². The van der Waals surface area contributed by atoms with Gasteiger partial charge in [0.1, 0.15) is 17.6 Å². The third-order valence-corrected chi connectivity index (χ3v) is 4.85. The van der Waals surface area contributed by atoms with Crippen LogP contribution in [-0.2, 0) is 0 Å². The van der Waals surface area contributed by atoms with Gasteiger partial charge in [-0.1, -0.05) is 22.9 Å². The quantitative estimate of drug-likeness (QED) is 0.673. The summed E-state index contributed by atoms with van der Waals surface area (Å²) in [6.45, 7) is 4.14. The van der Waals surface area contributed by atoms with Crippen molar-refractivity contribution in [1.82, 2.24) is 15.0 Å². The molecule has 0 radical (unpaired) electrons. The summed E-state index contributed by atoms with van der Waals surface area (Å²) < 4.78 is 12.8. The van der Waals surface area contributed by atoms with Gasteiger partial charge in [-0.25, -0.2) is 4.68 Å². The van der Waals surface area contributed by atoms with Crippen LogP contribution in [0.25, 0.3) is 5.69 Å². The first-order valence-corrected chi connectivity index (χ1v) is 9.20. The molecular formula is C20H19ClN4O3. The van der Waals surface area contributed by atoms with Crippen LogP contribution >= 0.6 is 11.6 Å². The first kappa shape index (κ1) is 18.3. The molecule has 144 valence electrons. The molecule has 4 rings (SSSR count). The largest absolute Gasteiger partial charge is 0.497 e. The number of rotatable bonds is 3. The van der Waals surface area contributed by atoms with Crippen molar-refractivity contribution in [3.8, 4) is 17.2 Å². The van der Waals surface area contributed by atoms with Gasteiger partial charge in [-0.3, -0.25) is 9.69 Å². The molecule has 2 heterocycles. The van der Waals surface area contributed by atoms with Crippen LogP contribution in [0.5, 0.6) is 11.5 Å². The standard InChI is InChI=1S/C20H19ClN4O3/c1-12-11-24(17-10-16(27-3)7-8-18(17)28-12)20(26)19-13(2)25(23-22-19)15-6-4-5-14(21)9-15/h4-10,12H,11H2,1-3H3/t12-/m1/s1. The first-order valence-electron chi connectivity index (χ1n) is 8.82. The van der Waals surface area contributed by atoms with E-state index in [0.717, 1.165) is 5.69 Å². The van der Waals surface area contributed by atoms with Crippen LogP contribution in [0.4, 0.5) is 5.69 Å². The van der Waals surface area contributed by atoms with Crippen molar-refractivity contribution < 1.29 is 14.3 Å². The molecule has 2 aromatic carbocycles. The molecule has 0 spiro atoms. The maximum absolute atomic E-state index is 13.3. The second kappa shape index (κ2) is 7.16. The van der Waals surface area contributed by atoms with Gasteiger partial charge in [0.2, 0.25) is 0 Å². The number of anilines is 1. The van der Waals surface area contributed by atoms with E-state index in [1.54, 1.807) is 47.0 Å². The normalized spacial score (nSPS) is 15.7. The lowest BCUT2D eigenvalue weighted by atomic mass is 10.1. The Labute approximate surface area is 167 Å². The summed E-state index contributed by atoms with van der Waals surface area (Å²) in [7, 11) is 1.58. The van der Waals surface area contributed by atoms with E-state index in [0.29, 0.717) is 34.4 Å². The van der Waals surface area contributed by atoms with E-state index in [4.69, 9.17) is 21.1 Å². The number of amides is 1. The maximum atomic E-state index is 13.3. The molecule has 7 nitrogen and oxygen atoms in total. The van der Waals surface area contributed by atoms with E-state index in [1.807, 2.05) is 26.0 Å². The van der Waals surface area contributed by atoms with Gasteiger partial charge in [0, 0.05) is 11.1 Å². The second-order valence-electron chi connectivity index (χ2n) is 6.59. The van der Waals surface area contributed by atoms with E-state index in [9.17, 15) is 4.79 Å². The van der Waals surface area contributed by atoms with Crippen molar-refractivity contribution in [3.05, 3.63) is 58.9 Å². The third kappa shape index (κ3) is 3.18. The van der Waals surface area contributed by atoms with Crippen LogP contribution in [-0.4, -0.2) is 40.7 Å². The van der Waals surface area contributed by atoms with Crippen molar-refractivity contribution in [2.24, 2.45) is 0 Å². The summed E-state index contributed by atoms with van der Waals surface area (Å²) >= 11 is 6.08. The fraction of sp³-hybridized carbons (Fsp3) is 0.250. The Hall–Kier alpha value is -3.06. The predicted molar refractivity (Wildman–Crippen MR) is 106 cm³/mol. The molecule has 1 atom stereocenters. The lowest BCUT2D eigenvalue weighted by Gasteiger charge is -2.33. The summed E-state index contributed by atoms with van der Waals surface area (Å²) in [6.07, 6.45) is -0.145. The SMILES string of the molecule is COc1ccc2c(c1)N(C(=O)c1nnn(-c3cccc(Cl)c3)c1C)C[C@@H](C)O2. The molecule has 0 N–H and O–H groups in total. The molecule has 1 aliphatic rings. The van der Waals surface area contributed by atoms with Gasteiger partial charge in [-0.2, -0.15) is 0 Å². The zero-order chi connectivity index (χ0) is 19.8. The highest BCUT2D eigenvalue weighted by Gasteiger charge is 2.31. The van der Waals surface area contributed by atoms with Gasteiger partial charge >= 0.3 is 0 Å². The van der Waals surface area contributed by atoms with Crippen molar-refractivity contribution >= 4 is 23.2 Å². The van der Waals surface area contributed by atoms with E-state index < -0.39 is 0 Å². The zero-order valence-corrected chi connectivity index (χ0v) is 16.5. The molecule has 1 aromatic heterocycles. The van der Waals surface area contributed by atoms with Gasteiger partial charge in [0.05, 0.1) is 30.7 Å². The third-order valence-electron chi connectivity index (χ3n) is 4.62. The molecule has 0 saturated heterocycles. The summed E-state index contributed by atoms with van der Waals surface area (Å²) in [5.41, 5.74) is 2.31. The van der Waals surface area contributed by atoms with Gasteiger partial charge < -0.3 is 9.47 Å². The van der Waals surface area contributed by atoms with Gasteiger partial charge in [-0.05, 0) is 44.2 Å². The maximum Gasteiger partial charge on any atom is 0.280 e. The number of carbonyl (C=O) groups is 1. The molecule has 0 saturated carbocycles.